The van der Waals surface area contributed by atoms with Gasteiger partial charge < -0.3 is 5.32 Å². The molecule has 5 nitrogen and oxygen atoms in total. The lowest BCUT2D eigenvalue weighted by Crippen LogP contribution is -2.38. The highest BCUT2D eigenvalue weighted by molar-refractivity contribution is 7.89. The molecule has 1 amide bonds. The zero-order valence-electron chi connectivity index (χ0n) is 13.3. The van der Waals surface area contributed by atoms with Crippen LogP contribution in [0.2, 0.25) is 0 Å². The van der Waals surface area contributed by atoms with Crippen LogP contribution in [0, 0.1) is 11.7 Å². The largest absolute Gasteiger partial charge is 0.356 e. The highest BCUT2D eigenvalue weighted by atomic mass is 32.2. The van der Waals surface area contributed by atoms with Crippen molar-refractivity contribution < 1.29 is 17.6 Å². The van der Waals surface area contributed by atoms with Gasteiger partial charge in [-0.25, -0.2) is 12.8 Å². The molecule has 1 aliphatic rings. The van der Waals surface area contributed by atoms with Crippen molar-refractivity contribution in [3.63, 3.8) is 0 Å². The lowest BCUT2D eigenvalue weighted by atomic mass is 9.93. The third-order valence-electron chi connectivity index (χ3n) is 4.16. The molecule has 1 saturated heterocycles. The van der Waals surface area contributed by atoms with Gasteiger partial charge in [-0.05, 0) is 50.3 Å². The van der Waals surface area contributed by atoms with Gasteiger partial charge in [0.25, 0.3) is 0 Å². The number of piperidine rings is 1. The molecular weight excluding hydrogens is 319 g/mol. The Morgan fingerprint density at radius 1 is 1.35 bits per heavy atom. The van der Waals surface area contributed by atoms with E-state index in [0.717, 1.165) is 25.3 Å². The molecule has 23 heavy (non-hydrogen) atoms. The Hall–Kier alpha value is -1.47. The van der Waals surface area contributed by atoms with Crippen molar-refractivity contribution >= 4 is 15.9 Å². The first-order valence-corrected chi connectivity index (χ1v) is 9.40. The molecule has 0 bridgehead atoms. The quantitative estimate of drug-likeness (QED) is 0.861. The Labute approximate surface area is 136 Å². The van der Waals surface area contributed by atoms with Crippen molar-refractivity contribution in [3.8, 4) is 0 Å². The average molecular weight is 342 g/mol. The van der Waals surface area contributed by atoms with E-state index in [9.17, 15) is 17.6 Å². The van der Waals surface area contributed by atoms with E-state index in [1.807, 2.05) is 6.92 Å². The summed E-state index contributed by atoms with van der Waals surface area (Å²) in [6.07, 6.45) is 2.72. The number of nitrogens with zero attached hydrogens (tertiary/aromatic N) is 1. The fourth-order valence-corrected chi connectivity index (χ4v) is 4.34. The van der Waals surface area contributed by atoms with Gasteiger partial charge in [0.05, 0.1) is 4.90 Å². The molecule has 1 N–H and O–H groups in total. The molecule has 1 aromatic rings. The summed E-state index contributed by atoms with van der Waals surface area (Å²) in [5, 5.41) is 2.76. The maximum Gasteiger partial charge on any atom is 0.243 e. The van der Waals surface area contributed by atoms with Crippen LogP contribution in [0.3, 0.4) is 0 Å². The predicted molar refractivity (Wildman–Crippen MR) is 85.8 cm³/mol. The van der Waals surface area contributed by atoms with Crippen molar-refractivity contribution in [2.75, 3.05) is 19.6 Å². The zero-order chi connectivity index (χ0) is 16.9. The van der Waals surface area contributed by atoms with Gasteiger partial charge in [0.15, 0.2) is 0 Å². The minimum atomic E-state index is -3.63. The second-order valence-corrected chi connectivity index (χ2v) is 7.73. The van der Waals surface area contributed by atoms with Gasteiger partial charge >= 0.3 is 0 Å². The third kappa shape index (κ3) is 4.75. The van der Waals surface area contributed by atoms with Crippen LogP contribution in [0.5, 0.6) is 0 Å². The summed E-state index contributed by atoms with van der Waals surface area (Å²) in [4.78, 5) is 11.5. The summed E-state index contributed by atoms with van der Waals surface area (Å²) in [7, 11) is -3.63. The van der Waals surface area contributed by atoms with E-state index in [1.165, 1.54) is 22.5 Å². The van der Waals surface area contributed by atoms with Gasteiger partial charge in [-0.15, -0.1) is 0 Å². The van der Waals surface area contributed by atoms with E-state index in [4.69, 9.17) is 0 Å². The molecule has 0 aromatic heterocycles. The van der Waals surface area contributed by atoms with Crippen molar-refractivity contribution in [1.82, 2.24) is 9.62 Å². The molecule has 1 heterocycles. The van der Waals surface area contributed by atoms with E-state index in [0.29, 0.717) is 32.0 Å². The second kappa shape index (κ2) is 7.88. The van der Waals surface area contributed by atoms with E-state index < -0.39 is 15.8 Å². The summed E-state index contributed by atoms with van der Waals surface area (Å²) in [6.45, 7) is 3.34. The summed E-state index contributed by atoms with van der Waals surface area (Å²) in [6, 6.07) is 5.10. The smallest absolute Gasteiger partial charge is 0.243 e. The Balaban J connectivity index is 1.90. The van der Waals surface area contributed by atoms with E-state index in [-0.39, 0.29) is 10.8 Å². The predicted octanol–water partition coefficient (Wildman–Crippen LogP) is 2.14. The minimum Gasteiger partial charge on any atom is -0.356 e. The van der Waals surface area contributed by atoms with Gasteiger partial charge in [-0.1, -0.05) is 6.07 Å². The topological polar surface area (TPSA) is 66.5 Å². The molecular formula is C16H23FN2O3S. The van der Waals surface area contributed by atoms with Crippen molar-refractivity contribution in [1.29, 1.82) is 0 Å². The highest BCUT2D eigenvalue weighted by Gasteiger charge is 2.29. The van der Waals surface area contributed by atoms with Gasteiger partial charge in [0, 0.05) is 26.1 Å². The molecule has 0 saturated carbocycles. The number of benzene rings is 1. The molecule has 0 aliphatic carbocycles. The maximum atomic E-state index is 13.2. The van der Waals surface area contributed by atoms with Gasteiger partial charge in [-0.2, -0.15) is 4.31 Å². The molecule has 0 radical (unpaired) electrons. The third-order valence-corrected chi connectivity index (χ3v) is 6.06. The highest BCUT2D eigenvalue weighted by Crippen LogP contribution is 2.26. The normalized spacial score (nSPS) is 17.1. The molecule has 128 valence electrons. The van der Waals surface area contributed by atoms with Gasteiger partial charge in [0.1, 0.15) is 5.82 Å². The fraction of sp³-hybridized carbons (Fsp3) is 0.562. The lowest BCUT2D eigenvalue weighted by Gasteiger charge is -2.31. The number of hydrogen-bond acceptors (Lipinski definition) is 3. The number of sulfonamides is 1. The zero-order valence-corrected chi connectivity index (χ0v) is 14.1. The fourth-order valence-electron chi connectivity index (χ4n) is 2.84. The van der Waals surface area contributed by atoms with Crippen molar-refractivity contribution in [3.05, 3.63) is 30.1 Å². The van der Waals surface area contributed by atoms with Gasteiger partial charge in [-0.3, -0.25) is 4.79 Å². The van der Waals surface area contributed by atoms with Crippen molar-refractivity contribution in [2.45, 2.75) is 37.5 Å². The molecule has 0 spiro atoms. The number of carbonyl (C=O) groups excluding carboxylic acids is 1. The summed E-state index contributed by atoms with van der Waals surface area (Å²) in [5.74, 6) is -0.151. The second-order valence-electron chi connectivity index (χ2n) is 5.80. The number of amides is 1. The lowest BCUT2D eigenvalue weighted by molar-refractivity contribution is -0.121. The number of hydrogen-bond donors (Lipinski definition) is 1. The van der Waals surface area contributed by atoms with Crippen molar-refractivity contribution in [2.24, 2.45) is 5.92 Å². The first kappa shape index (κ1) is 17.9. The van der Waals surface area contributed by atoms with Crippen LogP contribution >= 0.6 is 0 Å². The van der Waals surface area contributed by atoms with Crippen LogP contribution in [-0.4, -0.2) is 38.3 Å². The maximum absolute atomic E-state index is 13.2. The molecule has 1 aromatic carbocycles. The molecule has 1 aliphatic heterocycles. The standard InChI is InChI=1S/C16H23FN2O3S/c1-2-18-16(20)7-6-13-8-10-19(11-9-13)23(21,22)15-5-3-4-14(17)12-15/h3-5,12-13H,2,6-11H2,1H3,(H,18,20). The number of nitrogens with one attached hydrogen (secondary N) is 1. The van der Waals surface area contributed by atoms with Crippen LogP contribution in [0.25, 0.3) is 0 Å². The summed E-state index contributed by atoms with van der Waals surface area (Å²) >= 11 is 0. The first-order chi connectivity index (χ1) is 10.9. The molecule has 7 heteroatoms. The van der Waals surface area contributed by atoms with Gasteiger partial charge in [0.2, 0.25) is 15.9 Å². The minimum absolute atomic E-state index is 0.00160. The monoisotopic (exact) mass is 342 g/mol. The first-order valence-electron chi connectivity index (χ1n) is 7.96. The van der Waals surface area contributed by atoms with Crippen LogP contribution in [0.4, 0.5) is 4.39 Å². The molecule has 0 unspecified atom stereocenters. The Kier molecular flexibility index (Phi) is 6.12. The average Bonchev–Trinajstić information content (AvgIpc) is 2.53. The number of rotatable bonds is 6. The van der Waals surface area contributed by atoms with Crippen LogP contribution in [0.1, 0.15) is 32.6 Å². The van der Waals surface area contributed by atoms with Crippen LogP contribution in [0.15, 0.2) is 29.2 Å². The number of carbonyl (C=O) groups is 1. The Bertz CT molecular complexity index is 640. The molecule has 1 fully saturated rings. The SMILES string of the molecule is CCNC(=O)CCC1CCN(S(=O)(=O)c2cccc(F)c2)CC1. The summed E-state index contributed by atoms with van der Waals surface area (Å²) < 4.78 is 39.6. The number of halogens is 1. The Morgan fingerprint density at radius 3 is 2.65 bits per heavy atom. The molecule has 0 atom stereocenters. The van der Waals surface area contributed by atoms with E-state index in [2.05, 4.69) is 5.32 Å². The van der Waals surface area contributed by atoms with E-state index >= 15 is 0 Å². The van der Waals surface area contributed by atoms with Crippen LogP contribution in [-0.2, 0) is 14.8 Å². The molecule has 2 rings (SSSR count). The summed E-state index contributed by atoms with van der Waals surface area (Å²) in [5.41, 5.74) is 0. The van der Waals surface area contributed by atoms with E-state index in [1.54, 1.807) is 0 Å². The van der Waals surface area contributed by atoms with Crippen LogP contribution < -0.4 is 5.32 Å². The Morgan fingerprint density at radius 2 is 2.04 bits per heavy atom.